The molecule has 1 aliphatic rings. The summed E-state index contributed by atoms with van der Waals surface area (Å²) in [4.78, 5) is 28.2. The Hall–Kier alpha value is -3.77. The van der Waals surface area contributed by atoms with E-state index in [0.29, 0.717) is 36.0 Å². The number of amides is 1. The lowest BCUT2D eigenvalue weighted by atomic mass is 9.94. The molecule has 1 N–H and O–H groups in total. The fraction of sp³-hybridized carbons (Fsp3) is 0.214. The van der Waals surface area contributed by atoms with Gasteiger partial charge in [-0.25, -0.2) is 0 Å². The quantitative estimate of drug-likeness (QED) is 0.246. The second kappa shape index (κ2) is 10.2. The number of aryl methyl sites for hydroxylation is 1. The zero-order valence-electron chi connectivity index (χ0n) is 19.7. The molecule has 0 saturated carbocycles. The van der Waals surface area contributed by atoms with Crippen molar-refractivity contribution in [1.29, 1.82) is 0 Å². The molecule has 1 fully saturated rings. The number of ketones is 1. The third-order valence-corrected chi connectivity index (χ3v) is 6.04. The summed E-state index contributed by atoms with van der Waals surface area (Å²) in [6, 6.07) is 18.4. The second-order valence-electron chi connectivity index (χ2n) is 8.09. The van der Waals surface area contributed by atoms with E-state index in [9.17, 15) is 14.7 Å². The minimum Gasteiger partial charge on any atom is -0.507 e. The van der Waals surface area contributed by atoms with Crippen LogP contribution in [0.3, 0.4) is 0 Å². The van der Waals surface area contributed by atoms with Crippen molar-refractivity contribution in [2.45, 2.75) is 26.8 Å². The molecule has 0 radical (unpaired) electrons. The predicted molar refractivity (Wildman–Crippen MR) is 136 cm³/mol. The molecule has 3 aromatic rings. The summed E-state index contributed by atoms with van der Waals surface area (Å²) in [5, 5.41) is 11.6. The van der Waals surface area contributed by atoms with Gasteiger partial charge in [0, 0.05) is 11.3 Å². The van der Waals surface area contributed by atoms with Crippen molar-refractivity contribution in [3.05, 3.63) is 94.0 Å². The van der Waals surface area contributed by atoms with Gasteiger partial charge < -0.3 is 14.6 Å². The minimum absolute atomic E-state index is 0.0549. The van der Waals surface area contributed by atoms with Gasteiger partial charge in [-0.15, -0.1) is 0 Å². The molecule has 6 nitrogen and oxygen atoms in total. The lowest BCUT2D eigenvalue weighted by Gasteiger charge is -2.26. The van der Waals surface area contributed by atoms with Crippen molar-refractivity contribution in [3.8, 4) is 11.5 Å². The third kappa shape index (κ3) is 4.75. The number of anilines is 1. The number of hydrogen-bond donors (Lipinski definition) is 1. The Morgan fingerprint density at radius 3 is 2.31 bits per heavy atom. The maximum Gasteiger partial charge on any atom is 0.300 e. The maximum atomic E-state index is 13.4. The summed E-state index contributed by atoms with van der Waals surface area (Å²) in [6.07, 6.45) is 0. The summed E-state index contributed by atoms with van der Waals surface area (Å²) < 4.78 is 11.2. The highest BCUT2D eigenvalue weighted by atomic mass is 35.5. The molecule has 1 unspecified atom stereocenters. The van der Waals surface area contributed by atoms with Gasteiger partial charge in [0.25, 0.3) is 11.7 Å². The van der Waals surface area contributed by atoms with Gasteiger partial charge in [0.15, 0.2) is 0 Å². The van der Waals surface area contributed by atoms with E-state index in [1.807, 2.05) is 39.0 Å². The van der Waals surface area contributed by atoms with E-state index in [1.54, 1.807) is 48.5 Å². The lowest BCUT2D eigenvalue weighted by molar-refractivity contribution is -0.132. The molecule has 1 amide bonds. The van der Waals surface area contributed by atoms with Crippen molar-refractivity contribution in [2.75, 3.05) is 18.1 Å². The van der Waals surface area contributed by atoms with Crippen LogP contribution in [-0.2, 0) is 9.59 Å². The van der Waals surface area contributed by atoms with Crippen LogP contribution in [0, 0.1) is 6.92 Å². The summed E-state index contributed by atoms with van der Waals surface area (Å²) in [5.41, 5.74) is 2.26. The first-order valence-corrected chi connectivity index (χ1v) is 11.8. The Kier molecular flexibility index (Phi) is 7.12. The van der Waals surface area contributed by atoms with Crippen LogP contribution >= 0.6 is 11.6 Å². The van der Waals surface area contributed by atoms with Crippen molar-refractivity contribution in [2.24, 2.45) is 0 Å². The molecule has 4 rings (SSSR count). The number of halogens is 1. The van der Waals surface area contributed by atoms with Crippen LogP contribution in [0.2, 0.25) is 5.02 Å². The Balaban J connectivity index is 1.96. The van der Waals surface area contributed by atoms with Gasteiger partial charge >= 0.3 is 0 Å². The first kappa shape index (κ1) is 24.4. The van der Waals surface area contributed by atoms with E-state index >= 15 is 0 Å². The SMILES string of the molecule is CCOc1cccc(C2/C(=C(\O)c3cc(OCC)ccc3Cl)C(=O)C(=O)N2c2cccc(C)c2)c1. The number of aliphatic hydroxyl groups excluding tert-OH is 1. The van der Waals surface area contributed by atoms with E-state index in [4.69, 9.17) is 21.1 Å². The van der Waals surface area contributed by atoms with E-state index in [2.05, 4.69) is 0 Å². The van der Waals surface area contributed by atoms with E-state index in [0.717, 1.165) is 5.56 Å². The molecule has 1 saturated heterocycles. The van der Waals surface area contributed by atoms with Gasteiger partial charge in [0.1, 0.15) is 17.3 Å². The second-order valence-corrected chi connectivity index (χ2v) is 8.50. The molecule has 7 heteroatoms. The first-order valence-electron chi connectivity index (χ1n) is 11.4. The molecular formula is C28H26ClNO5. The minimum atomic E-state index is -0.885. The van der Waals surface area contributed by atoms with E-state index in [-0.39, 0.29) is 21.9 Å². The third-order valence-electron chi connectivity index (χ3n) is 5.71. The number of carbonyl (C=O) groups is 2. The average Bonchev–Trinajstić information content (AvgIpc) is 3.11. The Morgan fingerprint density at radius 1 is 0.943 bits per heavy atom. The van der Waals surface area contributed by atoms with Crippen molar-refractivity contribution in [1.82, 2.24) is 0 Å². The van der Waals surface area contributed by atoms with Crippen LogP contribution < -0.4 is 14.4 Å². The molecule has 1 heterocycles. The highest BCUT2D eigenvalue weighted by Crippen LogP contribution is 2.44. The fourth-order valence-electron chi connectivity index (χ4n) is 4.22. The van der Waals surface area contributed by atoms with Gasteiger partial charge in [-0.2, -0.15) is 0 Å². The van der Waals surface area contributed by atoms with Crippen molar-refractivity contribution >= 4 is 34.7 Å². The number of carbonyl (C=O) groups excluding carboxylic acids is 2. The Labute approximate surface area is 209 Å². The number of nitrogens with zero attached hydrogens (tertiary/aromatic N) is 1. The van der Waals surface area contributed by atoms with Gasteiger partial charge in [-0.05, 0) is 74.4 Å². The maximum absolute atomic E-state index is 13.4. The molecular weight excluding hydrogens is 466 g/mol. The molecule has 3 aromatic carbocycles. The molecule has 0 spiro atoms. The van der Waals surface area contributed by atoms with Crippen LogP contribution in [0.5, 0.6) is 11.5 Å². The predicted octanol–water partition coefficient (Wildman–Crippen LogP) is 6.07. The number of ether oxygens (including phenoxy) is 2. The summed E-state index contributed by atoms with van der Waals surface area (Å²) >= 11 is 6.41. The summed E-state index contributed by atoms with van der Waals surface area (Å²) in [6.45, 7) is 6.50. The molecule has 0 aliphatic carbocycles. The summed E-state index contributed by atoms with van der Waals surface area (Å²) in [5.74, 6) is -0.816. The monoisotopic (exact) mass is 491 g/mol. The largest absolute Gasteiger partial charge is 0.507 e. The zero-order chi connectivity index (χ0) is 25.1. The number of benzene rings is 3. The van der Waals surface area contributed by atoms with Crippen LogP contribution in [0.25, 0.3) is 5.76 Å². The zero-order valence-corrected chi connectivity index (χ0v) is 20.5. The van der Waals surface area contributed by atoms with Gasteiger partial charge in [-0.3, -0.25) is 14.5 Å². The van der Waals surface area contributed by atoms with Crippen molar-refractivity contribution in [3.63, 3.8) is 0 Å². The van der Waals surface area contributed by atoms with Crippen molar-refractivity contribution < 1.29 is 24.2 Å². The van der Waals surface area contributed by atoms with Gasteiger partial charge in [-0.1, -0.05) is 35.9 Å². The van der Waals surface area contributed by atoms with E-state index < -0.39 is 17.7 Å². The first-order chi connectivity index (χ1) is 16.8. The lowest BCUT2D eigenvalue weighted by Crippen LogP contribution is -2.29. The standard InChI is InChI=1S/C28H26ClNO5/c1-4-34-20-11-7-9-18(15-20)25-24(26(31)22-16-21(35-5-2)12-13-23(22)29)27(32)28(33)30(25)19-10-6-8-17(3)14-19/h6-16,25,31H,4-5H2,1-3H3/b26-24+. The molecule has 180 valence electrons. The molecule has 0 bridgehead atoms. The fourth-order valence-corrected chi connectivity index (χ4v) is 4.43. The molecule has 1 aliphatic heterocycles. The van der Waals surface area contributed by atoms with Gasteiger partial charge in [0.05, 0.1) is 29.9 Å². The number of Topliss-reactive ketones (excluding diaryl/α,β-unsaturated/α-hetero) is 1. The van der Waals surface area contributed by atoms with Gasteiger partial charge in [0.2, 0.25) is 0 Å². The Morgan fingerprint density at radius 2 is 1.63 bits per heavy atom. The molecule has 35 heavy (non-hydrogen) atoms. The topological polar surface area (TPSA) is 76.1 Å². The van der Waals surface area contributed by atoms with Crippen LogP contribution in [0.4, 0.5) is 5.69 Å². The van der Waals surface area contributed by atoms with Crippen LogP contribution in [0.1, 0.15) is 36.6 Å². The summed E-state index contributed by atoms with van der Waals surface area (Å²) in [7, 11) is 0. The van der Waals surface area contributed by atoms with Crippen LogP contribution in [0.15, 0.2) is 72.3 Å². The number of aliphatic hydroxyl groups is 1. The highest BCUT2D eigenvalue weighted by Gasteiger charge is 2.47. The number of hydrogen-bond acceptors (Lipinski definition) is 5. The number of rotatable bonds is 7. The highest BCUT2D eigenvalue weighted by molar-refractivity contribution is 6.52. The normalized spacial score (nSPS) is 17.0. The Bertz CT molecular complexity index is 1320. The molecule has 0 aromatic heterocycles. The average molecular weight is 492 g/mol. The smallest absolute Gasteiger partial charge is 0.300 e. The van der Waals surface area contributed by atoms with Crippen LogP contribution in [-0.4, -0.2) is 30.0 Å². The molecule has 1 atom stereocenters. The van der Waals surface area contributed by atoms with E-state index in [1.165, 1.54) is 4.90 Å².